The Kier molecular flexibility index (Phi) is 3.78. The molecule has 116 valence electrons. The summed E-state index contributed by atoms with van der Waals surface area (Å²) in [6, 6.07) is 13.7. The van der Waals surface area contributed by atoms with Crippen LogP contribution < -0.4 is 5.43 Å². The molecule has 0 spiro atoms. The van der Waals surface area contributed by atoms with Crippen molar-refractivity contribution in [1.29, 1.82) is 0 Å². The number of halogens is 3. The van der Waals surface area contributed by atoms with Crippen molar-refractivity contribution >= 4 is 0 Å². The normalized spacial score (nSPS) is 11.4. The van der Waals surface area contributed by atoms with Crippen LogP contribution in [0.2, 0.25) is 0 Å². The molecule has 0 bridgehead atoms. The maximum atomic E-state index is 12.8. The fraction of sp³-hybridized carbons (Fsp3) is 0.0556. The minimum Gasteiger partial charge on any atom is -0.366 e. The van der Waals surface area contributed by atoms with E-state index in [0.29, 0.717) is 11.1 Å². The van der Waals surface area contributed by atoms with Gasteiger partial charge in [-0.3, -0.25) is 4.79 Å². The van der Waals surface area contributed by atoms with E-state index in [1.54, 1.807) is 30.5 Å². The molecular formula is C18H12F3NO. The molecule has 0 aliphatic heterocycles. The van der Waals surface area contributed by atoms with E-state index >= 15 is 0 Å². The quantitative estimate of drug-likeness (QED) is 0.729. The molecular weight excluding hydrogens is 303 g/mol. The second-order valence-corrected chi connectivity index (χ2v) is 5.06. The van der Waals surface area contributed by atoms with E-state index in [1.807, 2.05) is 6.07 Å². The van der Waals surface area contributed by atoms with Gasteiger partial charge in [0.1, 0.15) is 0 Å². The average molecular weight is 315 g/mol. The first kappa shape index (κ1) is 15.1. The topological polar surface area (TPSA) is 32.9 Å². The summed E-state index contributed by atoms with van der Waals surface area (Å²) >= 11 is 0. The zero-order valence-corrected chi connectivity index (χ0v) is 11.9. The van der Waals surface area contributed by atoms with Crippen molar-refractivity contribution < 1.29 is 13.2 Å². The van der Waals surface area contributed by atoms with E-state index in [1.165, 1.54) is 18.3 Å². The fourth-order valence-corrected chi connectivity index (χ4v) is 2.39. The van der Waals surface area contributed by atoms with Crippen molar-refractivity contribution in [2.24, 2.45) is 0 Å². The lowest BCUT2D eigenvalue weighted by Gasteiger charge is -2.09. The molecule has 5 heteroatoms. The highest BCUT2D eigenvalue weighted by molar-refractivity contribution is 5.71. The highest BCUT2D eigenvalue weighted by Crippen LogP contribution is 2.31. The van der Waals surface area contributed by atoms with Gasteiger partial charge in [0.15, 0.2) is 5.43 Å². The van der Waals surface area contributed by atoms with Crippen molar-refractivity contribution in [2.75, 3.05) is 0 Å². The third-order valence-corrected chi connectivity index (χ3v) is 3.53. The minimum absolute atomic E-state index is 0.206. The van der Waals surface area contributed by atoms with Crippen LogP contribution >= 0.6 is 0 Å². The molecule has 2 aromatic carbocycles. The predicted octanol–water partition coefficient (Wildman–Crippen LogP) is 4.73. The van der Waals surface area contributed by atoms with Gasteiger partial charge in [0.2, 0.25) is 0 Å². The molecule has 0 unspecified atom stereocenters. The molecule has 0 saturated carbocycles. The SMILES string of the molecule is O=c1c(-c2ccccc2)c[nH]cc1-c1cccc(C(F)(F)F)c1. The van der Waals surface area contributed by atoms with Crippen molar-refractivity contribution in [3.63, 3.8) is 0 Å². The van der Waals surface area contributed by atoms with E-state index in [4.69, 9.17) is 0 Å². The summed E-state index contributed by atoms with van der Waals surface area (Å²) in [5.74, 6) is 0. The Labute approximate surface area is 130 Å². The highest BCUT2D eigenvalue weighted by atomic mass is 19.4. The largest absolute Gasteiger partial charge is 0.416 e. The van der Waals surface area contributed by atoms with Crippen molar-refractivity contribution in [3.05, 3.63) is 82.8 Å². The van der Waals surface area contributed by atoms with E-state index < -0.39 is 11.7 Å². The molecule has 0 amide bonds. The molecule has 0 atom stereocenters. The number of aromatic amines is 1. The van der Waals surface area contributed by atoms with Crippen LogP contribution in [0.15, 0.2) is 71.8 Å². The first-order valence-corrected chi connectivity index (χ1v) is 6.91. The van der Waals surface area contributed by atoms with Gasteiger partial charge in [-0.1, -0.05) is 42.5 Å². The summed E-state index contributed by atoms with van der Waals surface area (Å²) in [5.41, 5.74) is 0.480. The van der Waals surface area contributed by atoms with Crippen LogP contribution in [0.5, 0.6) is 0 Å². The Hall–Kier alpha value is -2.82. The minimum atomic E-state index is -4.44. The summed E-state index contributed by atoms with van der Waals surface area (Å²) in [7, 11) is 0. The molecule has 0 aliphatic rings. The van der Waals surface area contributed by atoms with Crippen LogP contribution in [0, 0.1) is 0 Å². The Morgan fingerprint density at radius 1 is 0.783 bits per heavy atom. The number of aromatic nitrogens is 1. The number of alkyl halides is 3. The van der Waals surface area contributed by atoms with Gasteiger partial charge in [-0.25, -0.2) is 0 Å². The lowest BCUT2D eigenvalue weighted by atomic mass is 10.00. The van der Waals surface area contributed by atoms with Gasteiger partial charge < -0.3 is 4.98 Å². The summed E-state index contributed by atoms with van der Waals surface area (Å²) < 4.78 is 38.5. The van der Waals surface area contributed by atoms with Gasteiger partial charge in [-0.15, -0.1) is 0 Å². The molecule has 3 aromatic rings. The van der Waals surface area contributed by atoms with Crippen molar-refractivity contribution in [1.82, 2.24) is 4.98 Å². The summed E-state index contributed by atoms with van der Waals surface area (Å²) in [6.07, 6.45) is -1.47. The maximum Gasteiger partial charge on any atom is 0.416 e. The Morgan fingerprint density at radius 3 is 2.04 bits per heavy atom. The van der Waals surface area contributed by atoms with Gasteiger partial charge in [-0.2, -0.15) is 13.2 Å². The van der Waals surface area contributed by atoms with Gasteiger partial charge >= 0.3 is 6.18 Å². The van der Waals surface area contributed by atoms with E-state index in [0.717, 1.165) is 12.1 Å². The summed E-state index contributed by atoms with van der Waals surface area (Å²) in [6.45, 7) is 0. The standard InChI is InChI=1S/C18H12F3NO/c19-18(20,21)14-8-4-7-13(9-14)16-11-22-10-15(17(16)23)12-5-2-1-3-6-12/h1-11H,(H,22,23). The molecule has 1 aromatic heterocycles. The number of hydrogen-bond acceptors (Lipinski definition) is 1. The molecule has 0 aliphatic carbocycles. The zero-order valence-electron chi connectivity index (χ0n) is 11.9. The van der Waals surface area contributed by atoms with Crippen LogP contribution in [-0.4, -0.2) is 4.98 Å². The molecule has 0 saturated heterocycles. The molecule has 2 nitrogen and oxygen atoms in total. The fourth-order valence-electron chi connectivity index (χ4n) is 2.39. The number of nitrogens with one attached hydrogen (secondary N) is 1. The third-order valence-electron chi connectivity index (χ3n) is 3.53. The lowest BCUT2D eigenvalue weighted by Crippen LogP contribution is -2.10. The number of hydrogen-bond donors (Lipinski definition) is 1. The van der Waals surface area contributed by atoms with E-state index in [9.17, 15) is 18.0 Å². The zero-order chi connectivity index (χ0) is 16.4. The lowest BCUT2D eigenvalue weighted by molar-refractivity contribution is -0.137. The molecule has 1 heterocycles. The molecule has 1 N–H and O–H groups in total. The maximum absolute atomic E-state index is 12.8. The van der Waals surface area contributed by atoms with Gasteiger partial charge in [0.25, 0.3) is 0 Å². The molecule has 23 heavy (non-hydrogen) atoms. The second kappa shape index (κ2) is 5.76. The summed E-state index contributed by atoms with van der Waals surface area (Å²) in [5, 5.41) is 0. The molecule has 0 fully saturated rings. The highest BCUT2D eigenvalue weighted by Gasteiger charge is 2.30. The van der Waals surface area contributed by atoms with E-state index in [2.05, 4.69) is 4.98 Å². The van der Waals surface area contributed by atoms with Crippen LogP contribution in [0.25, 0.3) is 22.3 Å². The number of benzene rings is 2. The van der Waals surface area contributed by atoms with Crippen LogP contribution in [0.4, 0.5) is 13.2 Å². The van der Waals surface area contributed by atoms with Gasteiger partial charge in [0.05, 0.1) is 5.56 Å². The first-order valence-electron chi connectivity index (χ1n) is 6.91. The molecule has 3 rings (SSSR count). The predicted molar refractivity (Wildman–Crippen MR) is 82.9 cm³/mol. The monoisotopic (exact) mass is 315 g/mol. The van der Waals surface area contributed by atoms with Crippen LogP contribution in [0.1, 0.15) is 5.56 Å². The van der Waals surface area contributed by atoms with Gasteiger partial charge in [-0.05, 0) is 23.3 Å². The smallest absolute Gasteiger partial charge is 0.366 e. The van der Waals surface area contributed by atoms with Gasteiger partial charge in [0, 0.05) is 23.5 Å². The Balaban J connectivity index is 2.14. The summed E-state index contributed by atoms with van der Waals surface area (Å²) in [4.78, 5) is 15.5. The Morgan fingerprint density at radius 2 is 1.39 bits per heavy atom. The second-order valence-electron chi connectivity index (χ2n) is 5.06. The Bertz CT molecular complexity index is 883. The third kappa shape index (κ3) is 3.04. The van der Waals surface area contributed by atoms with E-state index in [-0.39, 0.29) is 16.6 Å². The van der Waals surface area contributed by atoms with Crippen LogP contribution in [0.3, 0.4) is 0 Å². The number of rotatable bonds is 2. The van der Waals surface area contributed by atoms with Crippen molar-refractivity contribution in [2.45, 2.75) is 6.18 Å². The molecule has 0 radical (unpaired) electrons. The number of pyridine rings is 1. The number of H-pyrrole nitrogens is 1. The average Bonchev–Trinajstić information content (AvgIpc) is 2.55. The first-order chi connectivity index (χ1) is 11.0. The van der Waals surface area contributed by atoms with Crippen LogP contribution in [-0.2, 0) is 6.18 Å². The van der Waals surface area contributed by atoms with Crippen molar-refractivity contribution in [3.8, 4) is 22.3 Å².